The Hall–Kier alpha value is -2.63. The van der Waals surface area contributed by atoms with Crippen LogP contribution in [0.3, 0.4) is 0 Å². The van der Waals surface area contributed by atoms with E-state index in [1.54, 1.807) is 6.08 Å². The van der Waals surface area contributed by atoms with Crippen LogP contribution in [0.2, 0.25) is 0 Å². The van der Waals surface area contributed by atoms with Crippen LogP contribution in [0.25, 0.3) is 0 Å². The van der Waals surface area contributed by atoms with E-state index in [-0.39, 0.29) is 12.5 Å². The van der Waals surface area contributed by atoms with Gasteiger partial charge in [0.2, 0.25) is 5.91 Å². The Balaban J connectivity index is 2.35. The van der Waals surface area contributed by atoms with Crippen molar-refractivity contribution in [2.75, 3.05) is 13.2 Å². The van der Waals surface area contributed by atoms with Crippen LogP contribution in [-0.4, -0.2) is 87.5 Å². The highest BCUT2D eigenvalue weighted by Crippen LogP contribution is 2.22. The molecular weight excluding hydrogens is 803 g/mol. The van der Waals surface area contributed by atoms with Crippen LogP contribution < -0.4 is 5.32 Å². The van der Waals surface area contributed by atoms with Gasteiger partial charge in [0, 0.05) is 6.42 Å². The van der Waals surface area contributed by atoms with Gasteiger partial charge in [-0.15, -0.1) is 0 Å². The molecule has 0 spiro atoms. The number of allylic oxidation sites excluding steroid dienone is 13. The molecule has 0 bridgehead atoms. The minimum Gasteiger partial charge on any atom is -0.394 e. The molecule has 1 saturated heterocycles. The highest BCUT2D eigenvalue weighted by Gasteiger charge is 2.44. The molecule has 9 nitrogen and oxygen atoms in total. The van der Waals surface area contributed by atoms with Crippen molar-refractivity contribution < 1.29 is 39.8 Å². The number of ether oxygens (including phenoxy) is 2. The van der Waals surface area contributed by atoms with E-state index in [2.05, 4.69) is 92.1 Å². The Morgan fingerprint density at radius 2 is 0.984 bits per heavy atom. The quantitative estimate of drug-likeness (QED) is 0.0262. The number of aliphatic hydroxyl groups is 5. The molecule has 0 aromatic heterocycles. The van der Waals surface area contributed by atoms with Crippen molar-refractivity contribution in [3.05, 3.63) is 85.1 Å². The maximum Gasteiger partial charge on any atom is 0.220 e. The number of rotatable bonds is 42. The molecule has 1 amide bonds. The molecule has 0 aromatic carbocycles. The number of hydrogen-bond acceptors (Lipinski definition) is 8. The van der Waals surface area contributed by atoms with Gasteiger partial charge in [0.15, 0.2) is 6.29 Å². The number of amides is 1. The smallest absolute Gasteiger partial charge is 0.220 e. The first-order valence-corrected chi connectivity index (χ1v) is 25.8. The van der Waals surface area contributed by atoms with Crippen LogP contribution in [0.15, 0.2) is 85.1 Å². The fourth-order valence-corrected chi connectivity index (χ4v) is 7.61. The van der Waals surface area contributed by atoms with Crippen molar-refractivity contribution in [3.63, 3.8) is 0 Å². The summed E-state index contributed by atoms with van der Waals surface area (Å²) in [5, 5.41) is 54.3. The van der Waals surface area contributed by atoms with Crippen molar-refractivity contribution in [1.82, 2.24) is 5.32 Å². The van der Waals surface area contributed by atoms with Gasteiger partial charge in [-0.3, -0.25) is 4.79 Å². The first kappa shape index (κ1) is 59.4. The average molecular weight is 898 g/mol. The van der Waals surface area contributed by atoms with E-state index in [4.69, 9.17) is 9.47 Å². The molecule has 6 N–H and O–H groups in total. The molecule has 0 aliphatic carbocycles. The Bertz CT molecular complexity index is 1270. The van der Waals surface area contributed by atoms with Gasteiger partial charge < -0.3 is 40.3 Å². The van der Waals surface area contributed by atoms with Crippen molar-refractivity contribution in [2.45, 2.75) is 243 Å². The van der Waals surface area contributed by atoms with E-state index in [0.29, 0.717) is 6.42 Å². The molecule has 1 rings (SSSR count). The van der Waals surface area contributed by atoms with Crippen molar-refractivity contribution in [2.24, 2.45) is 0 Å². The van der Waals surface area contributed by atoms with Crippen LogP contribution >= 0.6 is 0 Å². The summed E-state index contributed by atoms with van der Waals surface area (Å²) in [6.45, 7) is 3.63. The summed E-state index contributed by atoms with van der Waals surface area (Å²) in [6, 6.07) is -0.838. The topological polar surface area (TPSA) is 149 Å². The van der Waals surface area contributed by atoms with Crippen molar-refractivity contribution >= 4 is 5.91 Å². The number of hydrogen-bond donors (Lipinski definition) is 6. The normalized spacial score (nSPS) is 20.8. The number of unbranched alkanes of at least 4 members (excludes halogenated alkanes) is 20. The van der Waals surface area contributed by atoms with E-state index in [9.17, 15) is 30.3 Å². The molecule has 1 aliphatic heterocycles. The number of carbonyl (C=O) groups excluding carboxylic acids is 1. The molecule has 0 radical (unpaired) electrons. The predicted molar refractivity (Wildman–Crippen MR) is 267 cm³/mol. The molecule has 9 heteroatoms. The molecule has 7 unspecified atom stereocenters. The van der Waals surface area contributed by atoms with Gasteiger partial charge in [0.1, 0.15) is 24.4 Å². The van der Waals surface area contributed by atoms with E-state index in [1.807, 2.05) is 6.08 Å². The van der Waals surface area contributed by atoms with Gasteiger partial charge in [-0.25, -0.2) is 0 Å². The fraction of sp³-hybridized carbons (Fsp3) is 0.727. The summed E-state index contributed by atoms with van der Waals surface area (Å²) in [5.74, 6) is -0.208. The maximum atomic E-state index is 13.0. The second-order valence-electron chi connectivity index (χ2n) is 17.6. The molecule has 1 aliphatic rings. The predicted octanol–water partition coefficient (Wildman–Crippen LogP) is 11.9. The molecule has 64 heavy (non-hydrogen) atoms. The Morgan fingerprint density at radius 3 is 1.50 bits per heavy atom. The van der Waals surface area contributed by atoms with Gasteiger partial charge in [-0.05, 0) is 77.0 Å². The fourth-order valence-electron chi connectivity index (χ4n) is 7.61. The second-order valence-corrected chi connectivity index (χ2v) is 17.6. The standard InChI is InChI=1S/C55H95NO8/c1-3-5-7-9-11-13-15-17-19-21-23-25-27-29-31-33-35-37-39-41-43-45-51(59)56-48(47-63-55-54(62)53(61)52(60)50(46-57)64-55)49(58)44-42-40-38-36-34-32-30-28-26-24-22-20-18-16-14-12-10-8-6-4-2/h5,7,11,13,17,19,23,25,29,31,34,36,42,44,48-50,52-55,57-58,60-62H,3-4,6,8-10,12,14-16,18,20-22,24,26-28,30,32-33,35,37-41,43,45-47H2,1-2H3,(H,56,59)/b7-5-,13-11-,19-17-,25-23-,31-29-,36-34+,44-42+. The van der Waals surface area contributed by atoms with Gasteiger partial charge >= 0.3 is 0 Å². The van der Waals surface area contributed by atoms with Crippen molar-refractivity contribution in [1.29, 1.82) is 0 Å². The van der Waals surface area contributed by atoms with E-state index >= 15 is 0 Å². The Kier molecular flexibility index (Phi) is 41.0. The third-order valence-corrected chi connectivity index (χ3v) is 11.7. The van der Waals surface area contributed by atoms with Crippen LogP contribution in [0.4, 0.5) is 0 Å². The molecule has 7 atom stereocenters. The zero-order valence-corrected chi connectivity index (χ0v) is 40.5. The van der Waals surface area contributed by atoms with Gasteiger partial charge in [0.25, 0.3) is 0 Å². The summed E-state index contributed by atoms with van der Waals surface area (Å²) >= 11 is 0. The lowest BCUT2D eigenvalue weighted by molar-refractivity contribution is -0.302. The monoisotopic (exact) mass is 898 g/mol. The summed E-state index contributed by atoms with van der Waals surface area (Å²) < 4.78 is 11.2. The molecule has 0 aromatic rings. The zero-order chi connectivity index (χ0) is 46.6. The molecule has 368 valence electrons. The summed E-state index contributed by atoms with van der Waals surface area (Å²) in [6.07, 6.45) is 54.9. The summed E-state index contributed by atoms with van der Waals surface area (Å²) in [7, 11) is 0. The first-order chi connectivity index (χ1) is 31.3. The third kappa shape index (κ3) is 33.8. The highest BCUT2D eigenvalue weighted by atomic mass is 16.7. The van der Waals surface area contributed by atoms with Crippen molar-refractivity contribution in [3.8, 4) is 0 Å². The molecular formula is C55H95NO8. The van der Waals surface area contributed by atoms with Gasteiger partial charge in [-0.1, -0.05) is 202 Å². The minimum absolute atomic E-state index is 0.208. The van der Waals surface area contributed by atoms with Crippen LogP contribution in [0.5, 0.6) is 0 Å². The van der Waals surface area contributed by atoms with Crippen LogP contribution in [0, 0.1) is 0 Å². The first-order valence-electron chi connectivity index (χ1n) is 25.8. The highest BCUT2D eigenvalue weighted by molar-refractivity contribution is 5.76. The lowest BCUT2D eigenvalue weighted by atomic mass is 9.99. The maximum absolute atomic E-state index is 13.0. The Labute approximate surface area is 391 Å². The SMILES string of the molecule is CC/C=C\C/C=C\C/C=C\C/C=C\C/C=C\CCCCCCCC(=O)NC(COC1OC(CO)C(O)C(O)C1O)C(O)/C=C/CC/C=C/CCCCCCCCCCCCCCCC. The third-order valence-electron chi connectivity index (χ3n) is 11.7. The Morgan fingerprint density at radius 1 is 0.547 bits per heavy atom. The summed E-state index contributed by atoms with van der Waals surface area (Å²) in [5.41, 5.74) is 0. The summed E-state index contributed by atoms with van der Waals surface area (Å²) in [4.78, 5) is 13.0. The lowest BCUT2D eigenvalue weighted by Crippen LogP contribution is -2.60. The minimum atomic E-state index is -1.58. The molecule has 1 heterocycles. The zero-order valence-electron chi connectivity index (χ0n) is 40.5. The van der Waals surface area contributed by atoms with Gasteiger partial charge in [0.05, 0.1) is 25.4 Å². The molecule has 0 saturated carbocycles. The van der Waals surface area contributed by atoms with Crippen LogP contribution in [0.1, 0.15) is 200 Å². The van der Waals surface area contributed by atoms with E-state index in [1.165, 1.54) is 89.9 Å². The second kappa shape index (κ2) is 44.2. The largest absolute Gasteiger partial charge is 0.394 e. The lowest BCUT2D eigenvalue weighted by Gasteiger charge is -2.40. The van der Waals surface area contributed by atoms with Gasteiger partial charge in [-0.2, -0.15) is 0 Å². The molecule has 1 fully saturated rings. The van der Waals surface area contributed by atoms with Crippen LogP contribution in [-0.2, 0) is 14.3 Å². The number of carbonyl (C=O) groups is 1. The van der Waals surface area contributed by atoms with E-state index in [0.717, 1.165) is 89.9 Å². The number of nitrogens with one attached hydrogen (secondary N) is 1. The number of aliphatic hydroxyl groups excluding tert-OH is 5. The average Bonchev–Trinajstić information content (AvgIpc) is 3.29. The van der Waals surface area contributed by atoms with E-state index < -0.39 is 49.5 Å².